The predicted octanol–water partition coefficient (Wildman–Crippen LogP) is 3.58. The monoisotopic (exact) mass is 442 g/mol. The summed E-state index contributed by atoms with van der Waals surface area (Å²) in [6, 6.07) is 16.1. The van der Waals surface area contributed by atoms with Crippen molar-refractivity contribution < 1.29 is 10.9 Å². The van der Waals surface area contributed by atoms with Crippen LogP contribution in [-0.2, 0) is 12.6 Å². The summed E-state index contributed by atoms with van der Waals surface area (Å²) < 4.78 is 32.6. The average Bonchev–Trinajstić information content (AvgIpc) is 3.08. The molecule has 0 unspecified atom stereocenters. The molecule has 0 saturated carbocycles. The van der Waals surface area contributed by atoms with Crippen molar-refractivity contribution in [2.45, 2.75) is 11.8 Å². The van der Waals surface area contributed by atoms with Crippen LogP contribution in [-0.4, -0.2) is 18.6 Å². The Bertz CT molecular complexity index is 863. The first-order valence-electron chi connectivity index (χ1n) is 6.82. The number of aryl methyl sites for hydroxylation is 1. The van der Waals surface area contributed by atoms with Crippen molar-refractivity contribution in [3.8, 4) is 0 Å². The van der Waals surface area contributed by atoms with Crippen LogP contribution in [0.15, 0.2) is 71.9 Å². The van der Waals surface area contributed by atoms with E-state index in [0.717, 1.165) is 12.7 Å². The number of hydrogen-bond donors (Lipinski definition) is 1. The van der Waals surface area contributed by atoms with E-state index in [1.807, 2.05) is 37.3 Å². The molecule has 0 spiro atoms. The van der Waals surface area contributed by atoms with Gasteiger partial charge in [-0.05, 0) is 0 Å². The van der Waals surface area contributed by atoms with Gasteiger partial charge in [-0.3, -0.25) is 0 Å². The molecule has 3 aromatic rings. The molecule has 7 heteroatoms. The number of rotatable bonds is 5. The first-order valence-corrected chi connectivity index (χ1v) is 11.3. The molecule has 0 fully saturated rings. The number of nitrogens with one attached hydrogen (secondary N) is 1. The second-order valence-corrected chi connectivity index (χ2v) is 11.3. The molecule has 23 heavy (non-hydrogen) atoms. The molecule has 1 aromatic heterocycles. The third-order valence-corrected chi connectivity index (χ3v) is 10.3. The number of halogens is 1. The van der Waals surface area contributed by atoms with Crippen molar-refractivity contribution in [1.82, 2.24) is 10.2 Å². The molecule has 120 valence electrons. The number of hydrogen-bond acceptors (Lipinski definition) is 4. The first kappa shape index (κ1) is 16.2. The predicted molar refractivity (Wildman–Crippen MR) is 95.9 cm³/mol. The summed E-state index contributed by atoms with van der Waals surface area (Å²) in [6.45, 7) is 1.91. The minimum absolute atomic E-state index is 0.171. The average molecular weight is 442 g/mol. The van der Waals surface area contributed by atoms with E-state index in [2.05, 4.69) is 10.2 Å². The molecule has 2 aromatic carbocycles. The van der Waals surface area contributed by atoms with Crippen molar-refractivity contribution in [3.63, 3.8) is 0 Å². The molecule has 0 saturated heterocycles. The molecule has 0 bridgehead atoms. The Hall–Kier alpha value is -1.71. The molecule has 0 aliphatic carbocycles. The van der Waals surface area contributed by atoms with E-state index < -0.39 is 30.4 Å². The van der Waals surface area contributed by atoms with Crippen molar-refractivity contribution >= 4 is 30.4 Å². The van der Waals surface area contributed by atoms with Crippen LogP contribution in [0, 0.1) is 14.1 Å². The van der Waals surface area contributed by atoms with Gasteiger partial charge in [0.25, 0.3) is 0 Å². The van der Waals surface area contributed by atoms with Gasteiger partial charge in [0.05, 0.1) is 0 Å². The molecule has 1 N–H and O–H groups in total. The van der Waals surface area contributed by atoms with E-state index >= 15 is 0 Å². The van der Waals surface area contributed by atoms with Crippen LogP contribution >= 0.6 is 20.2 Å². The summed E-state index contributed by atoms with van der Waals surface area (Å²) >= 11 is -2.60. The Morgan fingerprint density at radius 1 is 1.00 bits per heavy atom. The Balaban J connectivity index is 1.97. The van der Waals surface area contributed by atoms with Crippen LogP contribution in [0.2, 0.25) is 0 Å². The van der Waals surface area contributed by atoms with Gasteiger partial charge in [0.15, 0.2) is 0 Å². The SMILES string of the molecule is Cc1ccc(S(=O)(=O)OI(c2ccccc2)c2cn[nH]c2)cc1. The summed E-state index contributed by atoms with van der Waals surface area (Å²) in [5, 5.41) is 6.65. The van der Waals surface area contributed by atoms with Crippen molar-refractivity contribution in [2.24, 2.45) is 0 Å². The van der Waals surface area contributed by atoms with Gasteiger partial charge in [-0.25, -0.2) is 0 Å². The molecule has 0 atom stereocenters. The maximum absolute atomic E-state index is 12.6. The number of aromatic nitrogens is 2. The minimum atomic E-state index is -3.82. The van der Waals surface area contributed by atoms with Gasteiger partial charge >= 0.3 is 143 Å². The Labute approximate surface area is 142 Å². The third-order valence-electron chi connectivity index (χ3n) is 3.05. The van der Waals surface area contributed by atoms with Gasteiger partial charge in [-0.15, -0.1) is 0 Å². The van der Waals surface area contributed by atoms with Crippen molar-refractivity contribution in [3.05, 3.63) is 79.7 Å². The molecule has 0 aliphatic heterocycles. The van der Waals surface area contributed by atoms with Crippen LogP contribution in [0.1, 0.15) is 5.56 Å². The zero-order valence-electron chi connectivity index (χ0n) is 12.3. The second kappa shape index (κ2) is 6.81. The van der Waals surface area contributed by atoms with Crippen LogP contribution < -0.4 is 0 Å². The van der Waals surface area contributed by atoms with Gasteiger partial charge in [-0.1, -0.05) is 0 Å². The quantitative estimate of drug-likeness (QED) is 0.614. The van der Waals surface area contributed by atoms with Crippen LogP contribution in [0.5, 0.6) is 0 Å². The van der Waals surface area contributed by atoms with Crippen LogP contribution in [0.25, 0.3) is 0 Å². The number of H-pyrrole nitrogens is 1. The summed E-state index contributed by atoms with van der Waals surface area (Å²) in [6.07, 6.45) is 3.32. The second-order valence-electron chi connectivity index (χ2n) is 4.79. The van der Waals surface area contributed by atoms with E-state index in [4.69, 9.17) is 2.51 Å². The van der Waals surface area contributed by atoms with E-state index in [0.29, 0.717) is 0 Å². The van der Waals surface area contributed by atoms with E-state index in [-0.39, 0.29) is 4.90 Å². The molecule has 5 nitrogen and oxygen atoms in total. The maximum atomic E-state index is 12.6. The fourth-order valence-corrected chi connectivity index (χ4v) is 8.63. The summed E-state index contributed by atoms with van der Waals surface area (Å²) in [7, 11) is -3.82. The van der Waals surface area contributed by atoms with Gasteiger partial charge < -0.3 is 0 Å². The fourth-order valence-electron chi connectivity index (χ4n) is 1.88. The standard InChI is InChI=1S/C16H15IN2O3S/c1-13-7-9-16(10-8-13)23(20,21)22-17(15-11-18-19-12-15)14-5-3-2-4-6-14/h2-12H,1H3,(H,18,19). The van der Waals surface area contributed by atoms with Gasteiger partial charge in [0.1, 0.15) is 0 Å². The number of aromatic amines is 1. The Kier molecular flexibility index (Phi) is 4.79. The van der Waals surface area contributed by atoms with Crippen LogP contribution in [0.3, 0.4) is 0 Å². The van der Waals surface area contributed by atoms with Gasteiger partial charge in [0, 0.05) is 0 Å². The number of benzene rings is 2. The molecular formula is C16H15IN2O3S. The molecule has 1 heterocycles. The molecule has 0 radical (unpaired) electrons. The zero-order chi connectivity index (χ0) is 16.3. The Morgan fingerprint density at radius 2 is 1.70 bits per heavy atom. The summed E-state index contributed by atoms with van der Waals surface area (Å²) in [5.41, 5.74) is 0.997. The molecule has 0 amide bonds. The molecule has 3 rings (SSSR count). The summed E-state index contributed by atoms with van der Waals surface area (Å²) in [5.74, 6) is 0. The normalized spacial score (nSPS) is 12.1. The topological polar surface area (TPSA) is 72.1 Å². The fraction of sp³-hybridized carbons (Fsp3) is 0.0625. The number of nitrogens with zero attached hydrogens (tertiary/aromatic N) is 1. The molecule has 0 aliphatic rings. The van der Waals surface area contributed by atoms with E-state index in [1.165, 1.54) is 0 Å². The third kappa shape index (κ3) is 3.80. The first-order chi connectivity index (χ1) is 11.1. The van der Waals surface area contributed by atoms with Gasteiger partial charge in [-0.2, -0.15) is 0 Å². The molecular weight excluding hydrogens is 427 g/mol. The van der Waals surface area contributed by atoms with Crippen LogP contribution in [0.4, 0.5) is 0 Å². The van der Waals surface area contributed by atoms with E-state index in [1.54, 1.807) is 36.7 Å². The van der Waals surface area contributed by atoms with E-state index in [9.17, 15) is 8.42 Å². The van der Waals surface area contributed by atoms with Crippen molar-refractivity contribution in [1.29, 1.82) is 0 Å². The Morgan fingerprint density at radius 3 is 2.30 bits per heavy atom. The zero-order valence-corrected chi connectivity index (χ0v) is 15.3. The van der Waals surface area contributed by atoms with Gasteiger partial charge in [0.2, 0.25) is 0 Å². The van der Waals surface area contributed by atoms with Crippen molar-refractivity contribution in [2.75, 3.05) is 0 Å². The summed E-state index contributed by atoms with van der Waals surface area (Å²) in [4.78, 5) is 0.171.